The molecule has 0 spiro atoms. The number of nitrogens with zero attached hydrogens (tertiary/aromatic N) is 1. The zero-order valence-electron chi connectivity index (χ0n) is 11.1. The molecular formula is C14H22N2O2. The van der Waals surface area contributed by atoms with Crippen molar-refractivity contribution >= 4 is 6.09 Å². The maximum Gasteiger partial charge on any atom is 0.404 e. The van der Waals surface area contributed by atoms with Crippen LogP contribution >= 0.6 is 0 Å². The molecule has 0 unspecified atom stereocenters. The standard InChI is InChI=1S/C14H22N2O2/c1-3-16(4-2)11-13-7-5-12(6-8-13)9-10-15-14(17)18/h5-8,15H,3-4,9-11H2,1-2H3,(H,17,18). The number of hydrogen-bond acceptors (Lipinski definition) is 2. The van der Waals surface area contributed by atoms with Gasteiger partial charge in [-0.15, -0.1) is 0 Å². The smallest absolute Gasteiger partial charge is 0.404 e. The molecule has 100 valence electrons. The van der Waals surface area contributed by atoms with Crippen LogP contribution in [0.1, 0.15) is 25.0 Å². The van der Waals surface area contributed by atoms with Crippen molar-refractivity contribution in [3.05, 3.63) is 35.4 Å². The van der Waals surface area contributed by atoms with E-state index in [4.69, 9.17) is 5.11 Å². The van der Waals surface area contributed by atoms with Crippen molar-refractivity contribution in [1.29, 1.82) is 0 Å². The van der Waals surface area contributed by atoms with Gasteiger partial charge in [0.15, 0.2) is 0 Å². The molecule has 0 aliphatic heterocycles. The van der Waals surface area contributed by atoms with Crippen molar-refractivity contribution in [3.8, 4) is 0 Å². The van der Waals surface area contributed by atoms with Crippen LogP contribution in [0.25, 0.3) is 0 Å². The van der Waals surface area contributed by atoms with Crippen LogP contribution in [0.2, 0.25) is 0 Å². The summed E-state index contributed by atoms with van der Waals surface area (Å²) in [6.45, 7) is 7.87. The summed E-state index contributed by atoms with van der Waals surface area (Å²) in [7, 11) is 0. The molecule has 0 aliphatic rings. The van der Waals surface area contributed by atoms with Gasteiger partial charge >= 0.3 is 6.09 Å². The predicted octanol–water partition coefficient (Wildman–Crippen LogP) is 2.34. The molecule has 0 fully saturated rings. The lowest BCUT2D eigenvalue weighted by molar-refractivity contribution is 0.194. The van der Waals surface area contributed by atoms with Gasteiger partial charge in [0.1, 0.15) is 0 Å². The first-order valence-electron chi connectivity index (χ1n) is 6.42. The van der Waals surface area contributed by atoms with E-state index in [1.807, 2.05) is 0 Å². The van der Waals surface area contributed by atoms with Crippen molar-refractivity contribution in [2.75, 3.05) is 19.6 Å². The van der Waals surface area contributed by atoms with Crippen molar-refractivity contribution < 1.29 is 9.90 Å². The first-order valence-corrected chi connectivity index (χ1v) is 6.42. The highest BCUT2D eigenvalue weighted by molar-refractivity contribution is 5.64. The third kappa shape index (κ3) is 5.19. The van der Waals surface area contributed by atoms with Gasteiger partial charge in [0.2, 0.25) is 0 Å². The molecule has 2 N–H and O–H groups in total. The van der Waals surface area contributed by atoms with Crippen molar-refractivity contribution in [2.45, 2.75) is 26.8 Å². The normalized spacial score (nSPS) is 10.6. The van der Waals surface area contributed by atoms with Crippen LogP contribution in [0.15, 0.2) is 24.3 Å². The van der Waals surface area contributed by atoms with Crippen LogP contribution in [0.3, 0.4) is 0 Å². The number of hydrogen-bond donors (Lipinski definition) is 2. The number of carboxylic acid groups (broad SMARTS) is 1. The third-order valence-corrected chi connectivity index (χ3v) is 3.01. The average Bonchev–Trinajstić information content (AvgIpc) is 2.37. The maximum absolute atomic E-state index is 10.3. The summed E-state index contributed by atoms with van der Waals surface area (Å²) in [6.07, 6.45) is -0.231. The summed E-state index contributed by atoms with van der Waals surface area (Å²) in [5, 5.41) is 10.8. The molecule has 0 bridgehead atoms. The zero-order valence-corrected chi connectivity index (χ0v) is 11.1. The largest absolute Gasteiger partial charge is 0.465 e. The van der Waals surface area contributed by atoms with E-state index in [1.165, 1.54) is 5.56 Å². The van der Waals surface area contributed by atoms with Gasteiger partial charge in [0, 0.05) is 13.1 Å². The number of rotatable bonds is 7. The third-order valence-electron chi connectivity index (χ3n) is 3.01. The fraction of sp³-hybridized carbons (Fsp3) is 0.500. The topological polar surface area (TPSA) is 52.6 Å². The second-order valence-corrected chi connectivity index (χ2v) is 4.26. The zero-order chi connectivity index (χ0) is 13.4. The van der Waals surface area contributed by atoms with Crippen LogP contribution in [0, 0.1) is 0 Å². The Bertz CT molecular complexity index is 359. The quantitative estimate of drug-likeness (QED) is 0.781. The van der Waals surface area contributed by atoms with Crippen molar-refractivity contribution in [2.24, 2.45) is 0 Å². The molecule has 0 aromatic heterocycles. The minimum Gasteiger partial charge on any atom is -0.465 e. The lowest BCUT2D eigenvalue weighted by atomic mass is 10.1. The van der Waals surface area contributed by atoms with Gasteiger partial charge in [-0.25, -0.2) is 4.79 Å². The van der Waals surface area contributed by atoms with E-state index in [0.29, 0.717) is 6.54 Å². The molecule has 1 amide bonds. The van der Waals surface area contributed by atoms with Crippen molar-refractivity contribution in [3.63, 3.8) is 0 Å². The highest BCUT2D eigenvalue weighted by Crippen LogP contribution is 2.07. The van der Waals surface area contributed by atoms with Gasteiger partial charge < -0.3 is 10.4 Å². The SMILES string of the molecule is CCN(CC)Cc1ccc(CCNC(=O)O)cc1. The predicted molar refractivity (Wildman–Crippen MR) is 72.8 cm³/mol. The van der Waals surface area contributed by atoms with Gasteiger partial charge in [-0.2, -0.15) is 0 Å². The Morgan fingerprint density at radius 1 is 1.17 bits per heavy atom. The van der Waals surface area contributed by atoms with Crippen molar-refractivity contribution in [1.82, 2.24) is 10.2 Å². The highest BCUT2D eigenvalue weighted by atomic mass is 16.4. The molecule has 0 heterocycles. The van der Waals surface area contributed by atoms with E-state index in [0.717, 1.165) is 31.6 Å². The van der Waals surface area contributed by atoms with Crippen LogP contribution in [-0.2, 0) is 13.0 Å². The van der Waals surface area contributed by atoms with Gasteiger partial charge in [0.25, 0.3) is 0 Å². The van der Waals surface area contributed by atoms with Crippen LogP contribution in [0.5, 0.6) is 0 Å². The molecule has 1 aromatic rings. The molecule has 0 saturated carbocycles. The highest BCUT2D eigenvalue weighted by Gasteiger charge is 2.01. The Hall–Kier alpha value is -1.55. The lowest BCUT2D eigenvalue weighted by Gasteiger charge is -2.18. The summed E-state index contributed by atoms with van der Waals surface area (Å²) in [5.74, 6) is 0. The fourth-order valence-electron chi connectivity index (χ4n) is 1.83. The summed E-state index contributed by atoms with van der Waals surface area (Å²) in [5.41, 5.74) is 2.46. The minimum atomic E-state index is -0.965. The Balaban J connectivity index is 2.44. The van der Waals surface area contributed by atoms with Gasteiger partial charge in [0.05, 0.1) is 0 Å². The van der Waals surface area contributed by atoms with E-state index in [1.54, 1.807) is 0 Å². The molecule has 1 rings (SSSR count). The molecule has 18 heavy (non-hydrogen) atoms. The Kier molecular flexibility index (Phi) is 6.22. The lowest BCUT2D eigenvalue weighted by Crippen LogP contribution is -2.23. The van der Waals surface area contributed by atoms with Crippen LogP contribution in [0.4, 0.5) is 4.79 Å². The average molecular weight is 250 g/mol. The van der Waals surface area contributed by atoms with E-state index in [-0.39, 0.29) is 0 Å². The fourth-order valence-corrected chi connectivity index (χ4v) is 1.83. The maximum atomic E-state index is 10.3. The monoisotopic (exact) mass is 250 g/mol. The molecule has 4 heteroatoms. The second kappa shape index (κ2) is 7.71. The van der Waals surface area contributed by atoms with Gasteiger partial charge in [-0.3, -0.25) is 4.90 Å². The van der Waals surface area contributed by atoms with E-state index < -0.39 is 6.09 Å². The molecule has 0 saturated heterocycles. The molecule has 0 radical (unpaired) electrons. The molecule has 0 aliphatic carbocycles. The first kappa shape index (κ1) is 14.5. The Labute approximate surface area is 109 Å². The Morgan fingerprint density at radius 3 is 2.22 bits per heavy atom. The summed E-state index contributed by atoms with van der Waals surface area (Å²) in [4.78, 5) is 12.7. The van der Waals surface area contributed by atoms with Crippen LogP contribution in [-0.4, -0.2) is 35.7 Å². The summed E-state index contributed by atoms with van der Waals surface area (Å²) >= 11 is 0. The van der Waals surface area contributed by atoms with Gasteiger partial charge in [-0.05, 0) is 30.6 Å². The van der Waals surface area contributed by atoms with Crippen LogP contribution < -0.4 is 5.32 Å². The number of nitrogens with one attached hydrogen (secondary N) is 1. The Morgan fingerprint density at radius 2 is 1.72 bits per heavy atom. The van der Waals surface area contributed by atoms with E-state index in [9.17, 15) is 4.79 Å². The number of carbonyl (C=O) groups is 1. The molecule has 1 aromatic carbocycles. The number of benzene rings is 1. The van der Waals surface area contributed by atoms with Gasteiger partial charge in [-0.1, -0.05) is 38.1 Å². The summed E-state index contributed by atoms with van der Waals surface area (Å²) < 4.78 is 0. The molecule has 4 nitrogen and oxygen atoms in total. The second-order valence-electron chi connectivity index (χ2n) is 4.26. The molecule has 0 atom stereocenters. The minimum absolute atomic E-state index is 0.463. The summed E-state index contributed by atoms with van der Waals surface area (Å²) in [6, 6.07) is 8.38. The molecular weight excluding hydrogens is 228 g/mol. The number of amides is 1. The van der Waals surface area contributed by atoms with E-state index >= 15 is 0 Å². The first-order chi connectivity index (χ1) is 8.65. The van der Waals surface area contributed by atoms with E-state index in [2.05, 4.69) is 48.3 Å².